The lowest BCUT2D eigenvalue weighted by molar-refractivity contribution is -0.119. The molecule has 0 aliphatic heterocycles. The Morgan fingerprint density at radius 1 is 0.769 bits per heavy atom. The van der Waals surface area contributed by atoms with Crippen LogP contribution in [0.15, 0.2) is 84.9 Å². The molecule has 0 saturated heterocycles. The minimum absolute atomic E-state index is 0.310. The van der Waals surface area contributed by atoms with Crippen LogP contribution in [0.2, 0.25) is 0 Å². The first-order chi connectivity index (χ1) is 12.6. The monoisotopic (exact) mass is 344 g/mol. The minimum atomic E-state index is -0.759. The average molecular weight is 344 g/mol. The maximum atomic E-state index is 12.3. The maximum Gasteiger partial charge on any atom is 0.251 e. The summed E-state index contributed by atoms with van der Waals surface area (Å²) in [6.07, 6.45) is 0.350. The van der Waals surface area contributed by atoms with Crippen LogP contribution < -0.4 is 11.1 Å². The number of benzene rings is 3. The smallest absolute Gasteiger partial charge is 0.251 e. The van der Waals surface area contributed by atoms with Gasteiger partial charge in [-0.1, -0.05) is 72.8 Å². The fourth-order valence-corrected chi connectivity index (χ4v) is 2.75. The second-order valence-corrected chi connectivity index (χ2v) is 6.06. The van der Waals surface area contributed by atoms with Crippen LogP contribution in [-0.4, -0.2) is 17.9 Å². The van der Waals surface area contributed by atoms with Gasteiger partial charge in [0.15, 0.2) is 0 Å². The first-order valence-corrected chi connectivity index (χ1v) is 8.43. The molecule has 0 saturated carbocycles. The van der Waals surface area contributed by atoms with Gasteiger partial charge in [-0.05, 0) is 28.8 Å². The highest BCUT2D eigenvalue weighted by molar-refractivity contribution is 5.97. The lowest BCUT2D eigenvalue weighted by Gasteiger charge is -2.16. The molecule has 130 valence electrons. The summed E-state index contributed by atoms with van der Waals surface area (Å²) in [6.45, 7) is 0. The minimum Gasteiger partial charge on any atom is -0.368 e. The van der Waals surface area contributed by atoms with Gasteiger partial charge in [-0.3, -0.25) is 9.59 Å². The molecular formula is C22H20N2O2. The van der Waals surface area contributed by atoms with Gasteiger partial charge < -0.3 is 11.1 Å². The number of nitrogens with two attached hydrogens (primary N) is 1. The van der Waals surface area contributed by atoms with Gasteiger partial charge in [0.2, 0.25) is 5.91 Å². The molecule has 0 aliphatic carbocycles. The van der Waals surface area contributed by atoms with E-state index in [1.54, 1.807) is 24.3 Å². The zero-order valence-electron chi connectivity index (χ0n) is 14.3. The molecule has 3 N–H and O–H groups in total. The summed E-state index contributed by atoms with van der Waals surface area (Å²) in [6, 6.07) is 26.0. The Morgan fingerprint density at radius 2 is 1.31 bits per heavy atom. The molecule has 0 radical (unpaired) electrons. The Balaban J connectivity index is 1.70. The quantitative estimate of drug-likeness (QED) is 0.721. The number of hydrogen-bond donors (Lipinski definition) is 2. The SMILES string of the molecule is NC(=O)[C@H](Cc1ccc(-c2ccccc2)cc1)NC(=O)c1ccccc1. The molecule has 4 heteroatoms. The predicted octanol–water partition coefficient (Wildman–Crippen LogP) is 3.18. The summed E-state index contributed by atoms with van der Waals surface area (Å²) < 4.78 is 0. The number of hydrogen-bond acceptors (Lipinski definition) is 2. The van der Waals surface area contributed by atoms with Crippen molar-refractivity contribution in [1.82, 2.24) is 5.32 Å². The number of carbonyl (C=O) groups is 2. The van der Waals surface area contributed by atoms with E-state index in [9.17, 15) is 9.59 Å². The summed E-state index contributed by atoms with van der Waals surface area (Å²) >= 11 is 0. The van der Waals surface area contributed by atoms with E-state index in [1.165, 1.54) is 0 Å². The topological polar surface area (TPSA) is 72.2 Å². The van der Waals surface area contributed by atoms with Crippen LogP contribution in [0.1, 0.15) is 15.9 Å². The van der Waals surface area contributed by atoms with E-state index in [2.05, 4.69) is 5.32 Å². The van der Waals surface area contributed by atoms with Crippen LogP contribution >= 0.6 is 0 Å². The van der Waals surface area contributed by atoms with Gasteiger partial charge in [0.05, 0.1) is 0 Å². The van der Waals surface area contributed by atoms with Crippen LogP contribution in [0.4, 0.5) is 0 Å². The van der Waals surface area contributed by atoms with Crippen molar-refractivity contribution in [3.8, 4) is 11.1 Å². The van der Waals surface area contributed by atoms with Crippen molar-refractivity contribution < 1.29 is 9.59 Å². The van der Waals surface area contributed by atoms with Crippen molar-refractivity contribution in [1.29, 1.82) is 0 Å². The van der Waals surface area contributed by atoms with E-state index in [-0.39, 0.29) is 5.91 Å². The van der Waals surface area contributed by atoms with Crippen LogP contribution in [0, 0.1) is 0 Å². The maximum absolute atomic E-state index is 12.3. The molecule has 26 heavy (non-hydrogen) atoms. The fourth-order valence-electron chi connectivity index (χ4n) is 2.75. The molecule has 3 rings (SSSR count). The average Bonchev–Trinajstić information content (AvgIpc) is 2.69. The van der Waals surface area contributed by atoms with Crippen LogP contribution in [-0.2, 0) is 11.2 Å². The molecule has 0 aromatic heterocycles. The van der Waals surface area contributed by atoms with Crippen molar-refractivity contribution in [3.63, 3.8) is 0 Å². The van der Waals surface area contributed by atoms with Crippen molar-refractivity contribution in [2.45, 2.75) is 12.5 Å². The Labute approximate surface area is 152 Å². The molecule has 2 amide bonds. The van der Waals surface area contributed by atoms with Crippen molar-refractivity contribution in [2.75, 3.05) is 0 Å². The summed E-state index contributed by atoms with van der Waals surface area (Å²) in [5, 5.41) is 2.71. The van der Waals surface area contributed by atoms with Gasteiger partial charge >= 0.3 is 0 Å². The first-order valence-electron chi connectivity index (χ1n) is 8.43. The number of nitrogens with one attached hydrogen (secondary N) is 1. The summed E-state index contributed by atoms with van der Waals surface area (Å²) in [5.74, 6) is -0.864. The van der Waals surface area contributed by atoms with Crippen molar-refractivity contribution in [2.24, 2.45) is 5.73 Å². The number of rotatable bonds is 6. The van der Waals surface area contributed by atoms with Crippen LogP contribution in [0.3, 0.4) is 0 Å². The molecule has 4 nitrogen and oxygen atoms in total. The third-order valence-electron chi connectivity index (χ3n) is 4.19. The highest BCUT2D eigenvalue weighted by atomic mass is 16.2. The lowest BCUT2D eigenvalue weighted by Crippen LogP contribution is -2.45. The molecule has 3 aromatic carbocycles. The summed E-state index contributed by atoms with van der Waals surface area (Å²) in [4.78, 5) is 24.0. The summed E-state index contributed by atoms with van der Waals surface area (Å²) in [7, 11) is 0. The first kappa shape index (κ1) is 17.4. The zero-order valence-corrected chi connectivity index (χ0v) is 14.3. The molecule has 3 aromatic rings. The Kier molecular flexibility index (Phi) is 5.44. The molecule has 0 fully saturated rings. The highest BCUT2D eigenvalue weighted by Gasteiger charge is 2.19. The zero-order chi connectivity index (χ0) is 18.4. The van der Waals surface area contributed by atoms with E-state index in [1.807, 2.05) is 60.7 Å². The molecule has 0 aliphatic rings. The van der Waals surface area contributed by atoms with E-state index in [0.29, 0.717) is 12.0 Å². The van der Waals surface area contributed by atoms with Crippen molar-refractivity contribution in [3.05, 3.63) is 96.1 Å². The largest absolute Gasteiger partial charge is 0.368 e. The fraction of sp³-hybridized carbons (Fsp3) is 0.0909. The van der Waals surface area contributed by atoms with E-state index in [0.717, 1.165) is 16.7 Å². The van der Waals surface area contributed by atoms with Crippen LogP contribution in [0.25, 0.3) is 11.1 Å². The van der Waals surface area contributed by atoms with Crippen LogP contribution in [0.5, 0.6) is 0 Å². The normalized spacial score (nSPS) is 11.5. The number of carbonyl (C=O) groups excluding carboxylic acids is 2. The third kappa shape index (κ3) is 4.36. The molecule has 0 bridgehead atoms. The number of primary amides is 1. The molecular weight excluding hydrogens is 324 g/mol. The van der Waals surface area contributed by atoms with Crippen molar-refractivity contribution >= 4 is 11.8 Å². The Morgan fingerprint density at radius 3 is 1.88 bits per heavy atom. The van der Waals surface area contributed by atoms with E-state index >= 15 is 0 Å². The lowest BCUT2D eigenvalue weighted by atomic mass is 10.00. The standard InChI is InChI=1S/C22H20N2O2/c23-21(25)20(24-22(26)19-9-5-2-6-10-19)15-16-11-13-18(14-12-16)17-7-3-1-4-8-17/h1-14,20H,15H2,(H2,23,25)(H,24,26)/t20-/m0/s1. The Bertz CT molecular complexity index is 875. The second kappa shape index (κ2) is 8.12. The highest BCUT2D eigenvalue weighted by Crippen LogP contribution is 2.19. The molecule has 0 unspecified atom stereocenters. The van der Waals surface area contributed by atoms with Gasteiger partial charge in [0.1, 0.15) is 6.04 Å². The van der Waals surface area contributed by atoms with E-state index in [4.69, 9.17) is 5.73 Å². The number of amides is 2. The summed E-state index contributed by atoms with van der Waals surface area (Å²) in [5.41, 5.74) is 9.13. The molecule has 0 spiro atoms. The van der Waals surface area contributed by atoms with Gasteiger partial charge in [0.25, 0.3) is 5.91 Å². The second-order valence-electron chi connectivity index (χ2n) is 6.06. The predicted molar refractivity (Wildman–Crippen MR) is 102 cm³/mol. The van der Waals surface area contributed by atoms with Gasteiger partial charge in [-0.25, -0.2) is 0 Å². The van der Waals surface area contributed by atoms with Gasteiger partial charge in [-0.2, -0.15) is 0 Å². The molecule has 1 atom stereocenters. The third-order valence-corrected chi connectivity index (χ3v) is 4.19. The van der Waals surface area contributed by atoms with E-state index < -0.39 is 11.9 Å². The van der Waals surface area contributed by atoms with Gasteiger partial charge in [0, 0.05) is 12.0 Å². The molecule has 0 heterocycles. The van der Waals surface area contributed by atoms with Gasteiger partial charge in [-0.15, -0.1) is 0 Å². The Hall–Kier alpha value is -3.40.